The van der Waals surface area contributed by atoms with Gasteiger partial charge in [-0.15, -0.1) is 0 Å². The Labute approximate surface area is 232 Å². The molecular weight excluding hydrogens is 519 g/mol. The van der Waals surface area contributed by atoms with Gasteiger partial charge >= 0.3 is 6.18 Å². The number of pyridine rings is 1. The van der Waals surface area contributed by atoms with E-state index in [1.165, 1.54) is 6.07 Å². The number of carbonyl (C=O) groups excluding carboxylic acids is 1. The molecule has 2 heterocycles. The number of aromatic nitrogens is 1. The largest absolute Gasteiger partial charge is 0.472 e. The highest BCUT2D eigenvalue weighted by atomic mass is 19.4. The maximum absolute atomic E-state index is 13.6. The molecule has 3 atom stereocenters. The van der Waals surface area contributed by atoms with Crippen LogP contribution in [0.1, 0.15) is 46.5 Å². The molecule has 0 bridgehead atoms. The fourth-order valence-electron chi connectivity index (χ4n) is 4.58. The molecular formula is C31H32F3N3O3. The van der Waals surface area contributed by atoms with Crippen molar-refractivity contribution in [1.82, 2.24) is 14.8 Å². The van der Waals surface area contributed by atoms with Crippen molar-refractivity contribution in [2.45, 2.75) is 38.7 Å². The van der Waals surface area contributed by atoms with Crippen LogP contribution in [0.25, 0.3) is 0 Å². The van der Waals surface area contributed by atoms with Crippen LogP contribution in [0.5, 0.6) is 5.88 Å². The molecule has 1 N–H and O–H groups in total. The van der Waals surface area contributed by atoms with Crippen molar-refractivity contribution in [2.24, 2.45) is 5.92 Å². The lowest BCUT2D eigenvalue weighted by molar-refractivity contribution is -0.137. The third kappa shape index (κ3) is 7.20. The van der Waals surface area contributed by atoms with Gasteiger partial charge in [-0.3, -0.25) is 9.69 Å². The number of fused-ring (bicyclic) bond motifs is 1. The van der Waals surface area contributed by atoms with Gasteiger partial charge in [0.2, 0.25) is 5.88 Å². The molecule has 2 aromatic carbocycles. The Balaban J connectivity index is 1.60. The van der Waals surface area contributed by atoms with Gasteiger partial charge in [0.15, 0.2) is 0 Å². The summed E-state index contributed by atoms with van der Waals surface area (Å²) in [7, 11) is 1.81. The summed E-state index contributed by atoms with van der Waals surface area (Å²) < 4.78 is 45.8. The Kier molecular flexibility index (Phi) is 9.13. The number of nitrogens with zero attached hydrogens (tertiary/aromatic N) is 3. The standard InChI is InChI=1S/C31H32F3N3O3/c1-21-17-37(22(2)20-38)30(39)27-15-24(13-12-23-8-5-4-6-9-23)16-35-29(27)40-28(21)19-36(3)18-25-10-7-11-26(14-25)31(32,33)34/h4-11,14-16,21-22,28,38H,17-20H2,1-3H3/t21-,22+,28-/m0/s1. The van der Waals surface area contributed by atoms with Gasteiger partial charge in [0, 0.05) is 42.9 Å². The molecule has 1 aromatic heterocycles. The molecule has 210 valence electrons. The Bertz CT molecular complexity index is 1390. The number of benzene rings is 2. The van der Waals surface area contributed by atoms with E-state index in [1.807, 2.05) is 49.2 Å². The van der Waals surface area contributed by atoms with Gasteiger partial charge in [0.25, 0.3) is 5.91 Å². The van der Waals surface area contributed by atoms with E-state index in [4.69, 9.17) is 4.74 Å². The summed E-state index contributed by atoms with van der Waals surface area (Å²) in [5.74, 6) is 5.80. The molecule has 40 heavy (non-hydrogen) atoms. The highest BCUT2D eigenvalue weighted by Crippen LogP contribution is 2.30. The van der Waals surface area contributed by atoms with Crippen molar-refractivity contribution in [3.8, 4) is 17.7 Å². The van der Waals surface area contributed by atoms with Gasteiger partial charge in [-0.05, 0) is 43.8 Å². The molecule has 0 saturated heterocycles. The van der Waals surface area contributed by atoms with Crippen molar-refractivity contribution in [1.29, 1.82) is 0 Å². The van der Waals surface area contributed by atoms with Gasteiger partial charge in [0.1, 0.15) is 11.7 Å². The van der Waals surface area contributed by atoms with Crippen LogP contribution in [0.4, 0.5) is 13.2 Å². The summed E-state index contributed by atoms with van der Waals surface area (Å²) in [5, 5.41) is 9.87. The normalized spacial score (nSPS) is 18.2. The zero-order chi connectivity index (χ0) is 28.9. The number of rotatable bonds is 6. The lowest BCUT2D eigenvalue weighted by Gasteiger charge is -2.37. The summed E-state index contributed by atoms with van der Waals surface area (Å²) in [4.78, 5) is 21.5. The Morgan fingerprint density at radius 2 is 1.85 bits per heavy atom. The second-order valence-electron chi connectivity index (χ2n) is 10.2. The monoisotopic (exact) mass is 551 g/mol. The third-order valence-electron chi connectivity index (χ3n) is 6.84. The maximum atomic E-state index is 13.6. The zero-order valence-electron chi connectivity index (χ0n) is 22.7. The fourth-order valence-corrected chi connectivity index (χ4v) is 4.58. The van der Waals surface area contributed by atoms with E-state index in [0.29, 0.717) is 24.2 Å². The van der Waals surface area contributed by atoms with E-state index >= 15 is 0 Å². The number of alkyl halides is 3. The zero-order valence-corrected chi connectivity index (χ0v) is 22.7. The SMILES string of the molecule is C[C@H](CO)N1C[C@H](C)[C@H](CN(C)Cc2cccc(C(F)(F)F)c2)Oc2ncc(C#Cc3ccccc3)cc2C1=O. The van der Waals surface area contributed by atoms with Crippen molar-refractivity contribution >= 4 is 5.91 Å². The second-order valence-corrected chi connectivity index (χ2v) is 10.2. The van der Waals surface area contributed by atoms with Crippen molar-refractivity contribution in [2.75, 3.05) is 26.7 Å². The minimum Gasteiger partial charge on any atom is -0.472 e. The lowest BCUT2D eigenvalue weighted by atomic mass is 9.99. The van der Waals surface area contributed by atoms with Crippen LogP contribution in [0.2, 0.25) is 0 Å². The van der Waals surface area contributed by atoms with Gasteiger partial charge in [0.05, 0.1) is 18.2 Å². The van der Waals surface area contributed by atoms with Crippen molar-refractivity contribution in [3.05, 3.63) is 94.7 Å². The van der Waals surface area contributed by atoms with Crippen LogP contribution in [-0.4, -0.2) is 64.7 Å². The molecule has 1 aliphatic heterocycles. The van der Waals surface area contributed by atoms with Crippen LogP contribution in [0, 0.1) is 17.8 Å². The predicted octanol–water partition coefficient (Wildman–Crippen LogP) is 4.85. The highest BCUT2D eigenvalue weighted by Gasteiger charge is 2.34. The first-order valence-electron chi connectivity index (χ1n) is 13.1. The van der Waals surface area contributed by atoms with E-state index in [0.717, 1.165) is 17.7 Å². The number of hydrogen-bond donors (Lipinski definition) is 1. The number of hydrogen-bond acceptors (Lipinski definition) is 5. The molecule has 0 aliphatic carbocycles. The van der Waals surface area contributed by atoms with Crippen LogP contribution in [0.3, 0.4) is 0 Å². The molecule has 0 radical (unpaired) electrons. The number of carbonyl (C=O) groups is 1. The minimum absolute atomic E-state index is 0.158. The molecule has 0 spiro atoms. The van der Waals surface area contributed by atoms with Gasteiger partial charge in [-0.1, -0.05) is 55.2 Å². The number of amides is 1. The number of aliphatic hydroxyl groups excluding tert-OH is 1. The number of ether oxygens (including phenoxy) is 1. The number of likely N-dealkylation sites (N-methyl/N-ethyl adjacent to an activating group) is 1. The molecule has 0 saturated carbocycles. The van der Waals surface area contributed by atoms with Gasteiger partial charge in [-0.25, -0.2) is 4.98 Å². The molecule has 0 fully saturated rings. The summed E-state index contributed by atoms with van der Waals surface area (Å²) in [6, 6.07) is 15.9. The first-order valence-corrected chi connectivity index (χ1v) is 13.1. The Morgan fingerprint density at radius 3 is 2.55 bits per heavy atom. The molecule has 3 aromatic rings. The van der Waals surface area contributed by atoms with E-state index in [9.17, 15) is 23.1 Å². The third-order valence-corrected chi connectivity index (χ3v) is 6.84. The Morgan fingerprint density at radius 1 is 1.12 bits per heavy atom. The molecule has 1 amide bonds. The average Bonchev–Trinajstić information content (AvgIpc) is 2.93. The first-order chi connectivity index (χ1) is 19.0. The first kappa shape index (κ1) is 29.1. The highest BCUT2D eigenvalue weighted by molar-refractivity contribution is 5.97. The Hall–Kier alpha value is -3.87. The number of aliphatic hydroxyl groups is 1. The maximum Gasteiger partial charge on any atom is 0.416 e. The predicted molar refractivity (Wildman–Crippen MR) is 146 cm³/mol. The summed E-state index contributed by atoms with van der Waals surface area (Å²) in [5.41, 5.74) is 1.46. The molecule has 0 unspecified atom stereocenters. The molecule has 9 heteroatoms. The molecule has 4 rings (SSSR count). The smallest absolute Gasteiger partial charge is 0.416 e. The summed E-state index contributed by atoms with van der Waals surface area (Å²) in [6.45, 7) is 4.48. The lowest BCUT2D eigenvalue weighted by Crippen LogP contribution is -2.49. The van der Waals surface area contributed by atoms with E-state index < -0.39 is 23.9 Å². The average molecular weight is 552 g/mol. The van der Waals surface area contributed by atoms with Crippen LogP contribution >= 0.6 is 0 Å². The van der Waals surface area contributed by atoms with E-state index in [-0.39, 0.29) is 36.4 Å². The van der Waals surface area contributed by atoms with Crippen LogP contribution in [0.15, 0.2) is 66.9 Å². The topological polar surface area (TPSA) is 65.9 Å². The van der Waals surface area contributed by atoms with Crippen molar-refractivity contribution in [3.63, 3.8) is 0 Å². The van der Waals surface area contributed by atoms with E-state index in [1.54, 1.807) is 30.2 Å². The summed E-state index contributed by atoms with van der Waals surface area (Å²) >= 11 is 0. The van der Waals surface area contributed by atoms with Gasteiger partial charge < -0.3 is 14.7 Å². The van der Waals surface area contributed by atoms with Gasteiger partial charge in [-0.2, -0.15) is 13.2 Å². The van der Waals surface area contributed by atoms with Crippen LogP contribution < -0.4 is 4.74 Å². The van der Waals surface area contributed by atoms with Crippen molar-refractivity contribution < 1.29 is 27.8 Å². The number of halogens is 3. The summed E-state index contributed by atoms with van der Waals surface area (Å²) in [6.07, 6.45) is -3.28. The fraction of sp³-hybridized carbons (Fsp3) is 0.355. The minimum atomic E-state index is -4.41. The molecule has 6 nitrogen and oxygen atoms in total. The second kappa shape index (κ2) is 12.5. The molecule has 1 aliphatic rings. The van der Waals surface area contributed by atoms with E-state index in [2.05, 4.69) is 16.8 Å². The van der Waals surface area contributed by atoms with Crippen LogP contribution in [-0.2, 0) is 12.7 Å². The quantitative estimate of drug-likeness (QED) is 0.444.